The molecule has 0 fully saturated rings. The van der Waals surface area contributed by atoms with Crippen molar-refractivity contribution in [2.75, 3.05) is 18.5 Å². The van der Waals surface area contributed by atoms with Gasteiger partial charge < -0.3 is 14.8 Å². The lowest BCUT2D eigenvalue weighted by Crippen LogP contribution is -2.14. The zero-order valence-electron chi connectivity index (χ0n) is 14.1. The highest BCUT2D eigenvalue weighted by atomic mass is 16.5. The van der Waals surface area contributed by atoms with Crippen molar-refractivity contribution in [2.24, 2.45) is 0 Å². The van der Waals surface area contributed by atoms with Gasteiger partial charge >= 0.3 is 0 Å². The summed E-state index contributed by atoms with van der Waals surface area (Å²) in [5, 5.41) is 3.51. The summed E-state index contributed by atoms with van der Waals surface area (Å²) in [6.45, 7) is 4.05. The molecule has 0 radical (unpaired) electrons. The summed E-state index contributed by atoms with van der Waals surface area (Å²) >= 11 is 0. The number of anilines is 1. The van der Waals surface area contributed by atoms with E-state index >= 15 is 0 Å². The van der Waals surface area contributed by atoms with E-state index in [0.29, 0.717) is 19.8 Å². The van der Waals surface area contributed by atoms with E-state index in [4.69, 9.17) is 9.47 Å². The van der Waals surface area contributed by atoms with Gasteiger partial charge in [0, 0.05) is 29.8 Å². The Hall–Kier alpha value is -2.30. The topological polar surface area (TPSA) is 56.3 Å². The van der Waals surface area contributed by atoms with Crippen LogP contribution in [-0.2, 0) is 19.4 Å². The van der Waals surface area contributed by atoms with Crippen LogP contribution in [0.3, 0.4) is 0 Å². The Morgan fingerprint density at radius 1 is 1.04 bits per heavy atom. The molecule has 0 bridgehead atoms. The van der Waals surface area contributed by atoms with Crippen LogP contribution in [0.5, 0.6) is 11.5 Å². The molecule has 1 aromatic heterocycles. The minimum absolute atomic E-state index is 0.676. The van der Waals surface area contributed by atoms with Gasteiger partial charge in [-0.15, -0.1) is 0 Å². The maximum Gasteiger partial charge on any atom is 0.166 e. The monoisotopic (exact) mass is 325 g/mol. The number of aromatic nitrogens is 2. The average Bonchev–Trinajstić information content (AvgIpc) is 2.85. The average molecular weight is 325 g/mol. The third-order valence-corrected chi connectivity index (χ3v) is 4.59. The number of hydrogen-bond acceptors (Lipinski definition) is 5. The molecule has 2 aliphatic rings. The largest absolute Gasteiger partial charge is 0.490 e. The molecular weight excluding hydrogens is 302 g/mol. The standard InChI is InChI=1S/C19H23N3O2/c1-13-21-16-8-3-2-7-15(16)19(22-13)20-12-14-6-4-9-17-18(14)24-11-5-10-23-17/h4,6,9H,2-3,5,7-8,10-12H2,1H3,(H,20,21,22). The second-order valence-electron chi connectivity index (χ2n) is 6.40. The second-order valence-corrected chi connectivity index (χ2v) is 6.40. The summed E-state index contributed by atoms with van der Waals surface area (Å²) in [5.41, 5.74) is 3.60. The van der Waals surface area contributed by atoms with Crippen molar-refractivity contribution < 1.29 is 9.47 Å². The van der Waals surface area contributed by atoms with Crippen LogP contribution in [0.4, 0.5) is 5.82 Å². The Kier molecular flexibility index (Phi) is 4.24. The van der Waals surface area contributed by atoms with E-state index in [1.54, 1.807) is 0 Å². The molecule has 0 unspecified atom stereocenters. The molecule has 4 rings (SSSR count). The number of ether oxygens (including phenoxy) is 2. The summed E-state index contributed by atoms with van der Waals surface area (Å²) < 4.78 is 11.7. The van der Waals surface area contributed by atoms with E-state index in [0.717, 1.165) is 48.0 Å². The Labute approximate surface area is 142 Å². The van der Waals surface area contributed by atoms with Crippen molar-refractivity contribution in [3.8, 4) is 11.5 Å². The predicted molar refractivity (Wildman–Crippen MR) is 92.8 cm³/mol. The Balaban J connectivity index is 1.59. The Bertz CT molecular complexity index is 746. The number of rotatable bonds is 3. The van der Waals surface area contributed by atoms with Crippen LogP contribution in [0.2, 0.25) is 0 Å². The van der Waals surface area contributed by atoms with Gasteiger partial charge in [-0.1, -0.05) is 12.1 Å². The molecule has 5 heteroatoms. The van der Waals surface area contributed by atoms with Gasteiger partial charge in [0.1, 0.15) is 11.6 Å². The van der Waals surface area contributed by atoms with Gasteiger partial charge in [-0.05, 0) is 38.7 Å². The second kappa shape index (κ2) is 6.67. The van der Waals surface area contributed by atoms with Crippen molar-refractivity contribution in [2.45, 2.75) is 45.6 Å². The molecule has 0 saturated heterocycles. The fourth-order valence-electron chi connectivity index (χ4n) is 3.44. The van der Waals surface area contributed by atoms with Crippen LogP contribution < -0.4 is 14.8 Å². The molecule has 1 aliphatic heterocycles. The van der Waals surface area contributed by atoms with E-state index < -0.39 is 0 Å². The molecule has 126 valence electrons. The third kappa shape index (κ3) is 3.03. The summed E-state index contributed by atoms with van der Waals surface area (Å²) in [7, 11) is 0. The van der Waals surface area contributed by atoms with Crippen molar-refractivity contribution >= 4 is 5.82 Å². The fourth-order valence-corrected chi connectivity index (χ4v) is 3.44. The van der Waals surface area contributed by atoms with Gasteiger partial charge in [-0.25, -0.2) is 9.97 Å². The van der Waals surface area contributed by atoms with Crippen molar-refractivity contribution in [3.05, 3.63) is 40.8 Å². The maximum absolute atomic E-state index is 5.91. The van der Waals surface area contributed by atoms with Crippen LogP contribution in [-0.4, -0.2) is 23.2 Å². The molecule has 24 heavy (non-hydrogen) atoms. The van der Waals surface area contributed by atoms with Crippen LogP contribution in [0.15, 0.2) is 18.2 Å². The van der Waals surface area contributed by atoms with Crippen LogP contribution in [0, 0.1) is 6.92 Å². The molecule has 1 N–H and O–H groups in total. The van der Waals surface area contributed by atoms with E-state index in [2.05, 4.69) is 21.4 Å². The molecule has 2 aromatic rings. The molecule has 0 saturated carbocycles. The predicted octanol–water partition coefficient (Wildman–Crippen LogP) is 3.44. The van der Waals surface area contributed by atoms with E-state index in [-0.39, 0.29) is 0 Å². The van der Waals surface area contributed by atoms with E-state index in [1.807, 2.05) is 19.1 Å². The molecular formula is C19H23N3O2. The third-order valence-electron chi connectivity index (χ3n) is 4.59. The van der Waals surface area contributed by atoms with Gasteiger partial charge in [0.15, 0.2) is 11.5 Å². The minimum Gasteiger partial charge on any atom is -0.490 e. The Morgan fingerprint density at radius 3 is 2.88 bits per heavy atom. The highest BCUT2D eigenvalue weighted by molar-refractivity contribution is 5.52. The van der Waals surface area contributed by atoms with Gasteiger partial charge in [-0.2, -0.15) is 0 Å². The number of para-hydroxylation sites is 1. The van der Waals surface area contributed by atoms with Crippen LogP contribution in [0.1, 0.15) is 41.9 Å². The van der Waals surface area contributed by atoms with Crippen molar-refractivity contribution in [1.82, 2.24) is 9.97 Å². The summed E-state index contributed by atoms with van der Waals surface area (Å²) in [6, 6.07) is 6.08. The normalized spacial score (nSPS) is 16.2. The lowest BCUT2D eigenvalue weighted by Gasteiger charge is -2.20. The van der Waals surface area contributed by atoms with Crippen LogP contribution in [0.25, 0.3) is 0 Å². The molecule has 1 aromatic carbocycles. The van der Waals surface area contributed by atoms with E-state index in [9.17, 15) is 0 Å². The first-order valence-corrected chi connectivity index (χ1v) is 8.79. The first kappa shape index (κ1) is 15.2. The first-order chi connectivity index (χ1) is 11.8. The quantitative estimate of drug-likeness (QED) is 0.937. The van der Waals surface area contributed by atoms with E-state index in [1.165, 1.54) is 24.1 Å². The minimum atomic E-state index is 0.676. The number of aryl methyl sites for hydroxylation is 2. The molecule has 0 atom stereocenters. The molecule has 1 aliphatic carbocycles. The first-order valence-electron chi connectivity index (χ1n) is 8.79. The number of nitrogens with zero attached hydrogens (tertiary/aromatic N) is 2. The van der Waals surface area contributed by atoms with Gasteiger partial charge in [-0.3, -0.25) is 0 Å². The number of benzene rings is 1. The number of hydrogen-bond donors (Lipinski definition) is 1. The SMILES string of the molecule is Cc1nc2c(c(NCc3cccc4c3OCCCO4)n1)CCCC2. The molecule has 0 amide bonds. The van der Waals surface area contributed by atoms with Gasteiger partial charge in [0.2, 0.25) is 0 Å². The van der Waals surface area contributed by atoms with Crippen molar-refractivity contribution in [3.63, 3.8) is 0 Å². The van der Waals surface area contributed by atoms with Crippen LogP contribution >= 0.6 is 0 Å². The molecule has 5 nitrogen and oxygen atoms in total. The smallest absolute Gasteiger partial charge is 0.166 e. The van der Waals surface area contributed by atoms with Gasteiger partial charge in [0.25, 0.3) is 0 Å². The lowest BCUT2D eigenvalue weighted by atomic mass is 9.96. The number of nitrogens with one attached hydrogen (secondary N) is 1. The number of fused-ring (bicyclic) bond motifs is 2. The fraction of sp³-hybridized carbons (Fsp3) is 0.474. The highest BCUT2D eigenvalue weighted by Gasteiger charge is 2.18. The highest BCUT2D eigenvalue weighted by Crippen LogP contribution is 2.34. The maximum atomic E-state index is 5.91. The summed E-state index contributed by atoms with van der Waals surface area (Å²) in [4.78, 5) is 9.25. The van der Waals surface area contributed by atoms with Gasteiger partial charge in [0.05, 0.1) is 13.2 Å². The van der Waals surface area contributed by atoms with Crippen molar-refractivity contribution in [1.29, 1.82) is 0 Å². The zero-order chi connectivity index (χ0) is 16.4. The molecule has 0 spiro atoms. The summed E-state index contributed by atoms with van der Waals surface area (Å²) in [5.74, 6) is 3.52. The Morgan fingerprint density at radius 2 is 1.92 bits per heavy atom. The summed E-state index contributed by atoms with van der Waals surface area (Å²) in [6.07, 6.45) is 5.47. The lowest BCUT2D eigenvalue weighted by molar-refractivity contribution is 0.296. The molecule has 2 heterocycles. The zero-order valence-corrected chi connectivity index (χ0v) is 14.1.